The number of aryl methyl sites for hydroxylation is 2. The van der Waals surface area contributed by atoms with Gasteiger partial charge in [-0.15, -0.1) is 0 Å². The molecule has 2 amide bonds. The lowest BCUT2D eigenvalue weighted by atomic mass is 9.95. The van der Waals surface area contributed by atoms with Crippen molar-refractivity contribution in [1.82, 2.24) is 9.55 Å². The molecule has 0 radical (unpaired) electrons. The van der Waals surface area contributed by atoms with E-state index in [0.29, 0.717) is 51.1 Å². The monoisotopic (exact) mass is 628 g/mol. The summed E-state index contributed by atoms with van der Waals surface area (Å²) in [6.45, 7) is 8.71. The van der Waals surface area contributed by atoms with E-state index in [1.165, 1.54) is 20.1 Å². The van der Waals surface area contributed by atoms with Crippen molar-refractivity contribution in [3.05, 3.63) is 46.9 Å². The molecule has 11 nitrogen and oxygen atoms in total. The Hall–Kier alpha value is -4.06. The van der Waals surface area contributed by atoms with Crippen LogP contribution in [0.3, 0.4) is 0 Å². The molecule has 0 unspecified atom stereocenters. The maximum atomic E-state index is 13.6. The Kier molecular flexibility index (Phi) is 8.34. The van der Waals surface area contributed by atoms with E-state index >= 15 is 0 Å². The first kappa shape index (κ1) is 29.9. The van der Waals surface area contributed by atoms with Crippen molar-refractivity contribution in [2.45, 2.75) is 46.1 Å². The van der Waals surface area contributed by atoms with E-state index in [2.05, 4.69) is 26.2 Å². The third-order valence-corrected chi connectivity index (χ3v) is 7.31. The first-order valence-electron chi connectivity index (χ1n) is 12.9. The van der Waals surface area contributed by atoms with E-state index in [4.69, 9.17) is 14.2 Å². The standard InChI is InChI=1S/C29H33BrN4O7/c1-15-23(27(37)39-7)25-24-17(12-30)13-34(20(24)11-21(26(25)31-15)40-16(2)35)22(36)9-8-19-10-18(14-33(19)6)32-28(38)41-29(3,4)5/h8-11,14,17,31H,12-13H2,1-7H3,(H,32,38)/b9-8+/t17-/m1/s1. The SMILES string of the molecule is COC(=O)c1c(C)[nH]c2c(OC(C)=O)cc3c(c12)[C@H](CBr)CN3C(=O)/C=C/c1cc(NC(=O)OC(C)(C)C)cn1C. The number of halogens is 1. The number of fused-ring (bicyclic) bond motifs is 3. The molecule has 1 atom stereocenters. The van der Waals surface area contributed by atoms with Crippen LogP contribution >= 0.6 is 15.9 Å². The summed E-state index contributed by atoms with van der Waals surface area (Å²) in [5.41, 5.74) is 3.26. The number of alkyl halides is 1. The molecule has 2 aromatic heterocycles. The molecular formula is C29H33BrN4O7. The van der Waals surface area contributed by atoms with Gasteiger partial charge in [0.05, 0.1) is 29.6 Å². The van der Waals surface area contributed by atoms with E-state index in [0.717, 1.165) is 5.56 Å². The lowest BCUT2D eigenvalue weighted by Crippen LogP contribution is -2.28. The van der Waals surface area contributed by atoms with E-state index in [9.17, 15) is 19.2 Å². The number of nitrogens with one attached hydrogen (secondary N) is 2. The molecule has 218 valence electrons. The van der Waals surface area contributed by atoms with Crippen LogP contribution in [0, 0.1) is 6.92 Å². The number of rotatable bonds is 6. The van der Waals surface area contributed by atoms with E-state index in [-0.39, 0.29) is 17.6 Å². The maximum Gasteiger partial charge on any atom is 0.412 e. The van der Waals surface area contributed by atoms with Crippen LogP contribution < -0.4 is 15.0 Å². The van der Waals surface area contributed by atoms with Crippen molar-refractivity contribution in [3.63, 3.8) is 0 Å². The molecule has 3 heterocycles. The number of nitrogens with zero attached hydrogens (tertiary/aromatic N) is 2. The Morgan fingerprint density at radius 1 is 1.22 bits per heavy atom. The number of methoxy groups -OCH3 is 1. The van der Waals surface area contributed by atoms with Crippen molar-refractivity contribution in [1.29, 1.82) is 0 Å². The molecule has 4 rings (SSSR count). The van der Waals surface area contributed by atoms with Gasteiger partial charge in [-0.25, -0.2) is 9.59 Å². The summed E-state index contributed by atoms with van der Waals surface area (Å²) < 4.78 is 17.6. The zero-order valence-corrected chi connectivity index (χ0v) is 25.6. The van der Waals surface area contributed by atoms with Gasteiger partial charge in [-0.05, 0) is 45.4 Å². The number of benzene rings is 1. The zero-order valence-electron chi connectivity index (χ0n) is 24.0. The smallest absolute Gasteiger partial charge is 0.412 e. The number of carbonyl (C=O) groups is 4. The molecule has 0 fully saturated rings. The van der Waals surface area contributed by atoms with Crippen LogP contribution in [0.1, 0.15) is 60.9 Å². The number of hydrogen-bond donors (Lipinski definition) is 2. The zero-order chi connectivity index (χ0) is 30.2. The van der Waals surface area contributed by atoms with Crippen LogP contribution in [0.25, 0.3) is 17.0 Å². The van der Waals surface area contributed by atoms with Crippen LogP contribution in [0.4, 0.5) is 16.2 Å². The van der Waals surface area contributed by atoms with Crippen molar-refractivity contribution in [2.75, 3.05) is 29.2 Å². The summed E-state index contributed by atoms with van der Waals surface area (Å²) in [7, 11) is 3.10. The van der Waals surface area contributed by atoms with Gasteiger partial charge in [-0.2, -0.15) is 0 Å². The number of carbonyl (C=O) groups excluding carboxylic acids is 4. The highest BCUT2D eigenvalue weighted by molar-refractivity contribution is 9.09. The molecule has 0 saturated heterocycles. The highest BCUT2D eigenvalue weighted by atomic mass is 79.9. The fraction of sp³-hybridized carbons (Fsp3) is 0.379. The van der Waals surface area contributed by atoms with Gasteiger partial charge in [0, 0.05) is 66.9 Å². The van der Waals surface area contributed by atoms with Crippen molar-refractivity contribution < 1.29 is 33.4 Å². The molecule has 1 aromatic carbocycles. The molecule has 0 spiro atoms. The minimum atomic E-state index is -0.634. The third-order valence-electron chi connectivity index (χ3n) is 6.53. The highest BCUT2D eigenvalue weighted by Crippen LogP contribution is 2.47. The van der Waals surface area contributed by atoms with Gasteiger partial charge in [-0.1, -0.05) is 15.9 Å². The molecular weight excluding hydrogens is 596 g/mol. The first-order chi connectivity index (χ1) is 19.2. The predicted molar refractivity (Wildman–Crippen MR) is 159 cm³/mol. The number of esters is 2. The van der Waals surface area contributed by atoms with E-state index in [1.807, 2.05) is 0 Å². The largest absolute Gasteiger partial charge is 0.465 e. The Balaban J connectivity index is 1.71. The Labute approximate surface area is 245 Å². The number of aromatic nitrogens is 2. The normalized spacial score (nSPS) is 14.8. The van der Waals surface area contributed by atoms with Gasteiger partial charge < -0.3 is 28.7 Å². The quantitative estimate of drug-likeness (QED) is 0.161. The first-order valence-corrected chi connectivity index (χ1v) is 14.0. The lowest BCUT2D eigenvalue weighted by Gasteiger charge is -2.19. The second-order valence-electron chi connectivity index (χ2n) is 10.8. The van der Waals surface area contributed by atoms with E-state index in [1.54, 1.807) is 68.6 Å². The third kappa shape index (κ3) is 6.17. The van der Waals surface area contributed by atoms with Gasteiger partial charge in [0.1, 0.15) is 5.60 Å². The fourth-order valence-electron chi connectivity index (χ4n) is 4.94. The average Bonchev–Trinajstić information content (AvgIpc) is 3.52. The Morgan fingerprint density at radius 3 is 2.54 bits per heavy atom. The van der Waals surface area contributed by atoms with Crippen LogP contribution in [-0.2, 0) is 26.1 Å². The average molecular weight is 630 g/mol. The minimum absolute atomic E-state index is 0.144. The number of aromatic amines is 1. The molecule has 1 aliphatic rings. The van der Waals surface area contributed by atoms with Gasteiger partial charge in [0.2, 0.25) is 0 Å². The molecule has 0 saturated carbocycles. The molecule has 1 aliphatic heterocycles. The van der Waals surface area contributed by atoms with Gasteiger partial charge >= 0.3 is 18.0 Å². The second kappa shape index (κ2) is 11.4. The van der Waals surface area contributed by atoms with Crippen LogP contribution in [-0.4, -0.2) is 58.1 Å². The molecule has 0 aliphatic carbocycles. The van der Waals surface area contributed by atoms with Crippen LogP contribution in [0.5, 0.6) is 5.75 Å². The van der Waals surface area contributed by atoms with Crippen molar-refractivity contribution in [3.8, 4) is 5.75 Å². The number of anilines is 2. The lowest BCUT2D eigenvalue weighted by molar-refractivity contribution is -0.131. The summed E-state index contributed by atoms with van der Waals surface area (Å²) in [5.74, 6) is -1.31. The van der Waals surface area contributed by atoms with Gasteiger partial charge in [0.15, 0.2) is 5.75 Å². The van der Waals surface area contributed by atoms with Crippen LogP contribution in [0.15, 0.2) is 24.4 Å². The topological polar surface area (TPSA) is 132 Å². The van der Waals surface area contributed by atoms with E-state index < -0.39 is 23.6 Å². The predicted octanol–water partition coefficient (Wildman–Crippen LogP) is 5.41. The molecule has 2 N–H and O–H groups in total. The van der Waals surface area contributed by atoms with Gasteiger partial charge in [0.25, 0.3) is 5.91 Å². The Bertz CT molecular complexity index is 1580. The van der Waals surface area contributed by atoms with Crippen molar-refractivity contribution >= 4 is 68.2 Å². The molecule has 12 heteroatoms. The number of amides is 2. The highest BCUT2D eigenvalue weighted by Gasteiger charge is 2.37. The van der Waals surface area contributed by atoms with Gasteiger partial charge in [-0.3, -0.25) is 14.9 Å². The number of H-pyrrole nitrogens is 1. The number of ether oxygens (including phenoxy) is 3. The summed E-state index contributed by atoms with van der Waals surface area (Å²) in [5, 5.41) is 3.78. The van der Waals surface area contributed by atoms with Crippen molar-refractivity contribution in [2.24, 2.45) is 7.05 Å². The maximum absolute atomic E-state index is 13.6. The number of hydrogen-bond acceptors (Lipinski definition) is 7. The molecule has 3 aromatic rings. The summed E-state index contributed by atoms with van der Waals surface area (Å²) >= 11 is 3.56. The summed E-state index contributed by atoms with van der Waals surface area (Å²) in [6.07, 6.45) is 4.22. The molecule has 41 heavy (non-hydrogen) atoms. The summed E-state index contributed by atoms with van der Waals surface area (Å²) in [6, 6.07) is 3.37. The minimum Gasteiger partial charge on any atom is -0.465 e. The fourth-order valence-corrected chi connectivity index (χ4v) is 5.47. The summed E-state index contributed by atoms with van der Waals surface area (Å²) in [4.78, 5) is 55.2. The second-order valence-corrected chi connectivity index (χ2v) is 11.4. The van der Waals surface area contributed by atoms with Crippen LogP contribution in [0.2, 0.25) is 0 Å². The molecule has 0 bridgehead atoms. The Morgan fingerprint density at radius 2 is 1.93 bits per heavy atom.